The fourth-order valence-corrected chi connectivity index (χ4v) is 1.90. The predicted molar refractivity (Wildman–Crippen MR) is 70.0 cm³/mol. The van der Waals surface area contributed by atoms with E-state index in [1.807, 2.05) is 6.07 Å². The van der Waals surface area contributed by atoms with Crippen LogP contribution in [0.25, 0.3) is 11.3 Å². The molecule has 18 heavy (non-hydrogen) atoms. The molecule has 1 heterocycles. The second kappa shape index (κ2) is 5.00. The van der Waals surface area contributed by atoms with Gasteiger partial charge < -0.3 is 4.74 Å². The van der Waals surface area contributed by atoms with Crippen molar-refractivity contribution in [2.75, 3.05) is 7.11 Å². The molecular weight excluding hydrogens is 275 g/mol. The highest BCUT2D eigenvalue weighted by atomic mass is 35.5. The van der Waals surface area contributed by atoms with E-state index in [-0.39, 0.29) is 5.69 Å². The van der Waals surface area contributed by atoms with Gasteiger partial charge in [-0.1, -0.05) is 29.3 Å². The number of carbonyl (C=O) groups is 1. The first-order chi connectivity index (χ1) is 8.52. The second-order valence-corrected chi connectivity index (χ2v) is 4.47. The van der Waals surface area contributed by atoms with Gasteiger partial charge in [-0.2, -0.15) is 5.10 Å². The van der Waals surface area contributed by atoms with Gasteiger partial charge in [-0.05, 0) is 18.2 Å². The summed E-state index contributed by atoms with van der Waals surface area (Å²) in [4.78, 5) is 11.4. The van der Waals surface area contributed by atoms with Crippen molar-refractivity contribution in [3.63, 3.8) is 0 Å². The molecule has 0 saturated carbocycles. The molecular formula is C12H10Cl2N2O2. The summed E-state index contributed by atoms with van der Waals surface area (Å²) in [7, 11) is 3.06. The Morgan fingerprint density at radius 2 is 2.00 bits per heavy atom. The summed E-state index contributed by atoms with van der Waals surface area (Å²) in [6.07, 6.45) is 0. The third-order valence-corrected chi connectivity index (χ3v) is 3.23. The molecule has 2 aromatic rings. The van der Waals surface area contributed by atoms with Gasteiger partial charge in [0.15, 0.2) is 5.69 Å². The number of rotatable bonds is 2. The van der Waals surface area contributed by atoms with Gasteiger partial charge in [0.05, 0.1) is 22.8 Å². The number of nitrogens with zero attached hydrogens (tertiary/aromatic N) is 2. The molecule has 0 aliphatic carbocycles. The van der Waals surface area contributed by atoms with Crippen LogP contribution in [0.2, 0.25) is 10.0 Å². The van der Waals surface area contributed by atoms with Crippen LogP contribution in [0, 0.1) is 0 Å². The van der Waals surface area contributed by atoms with Gasteiger partial charge >= 0.3 is 5.97 Å². The number of ether oxygens (including phenoxy) is 1. The molecule has 0 amide bonds. The zero-order valence-electron chi connectivity index (χ0n) is 9.78. The third-order valence-electron chi connectivity index (χ3n) is 2.49. The van der Waals surface area contributed by atoms with E-state index in [1.165, 1.54) is 7.11 Å². The lowest BCUT2D eigenvalue weighted by atomic mass is 10.1. The van der Waals surface area contributed by atoms with Gasteiger partial charge in [0.25, 0.3) is 0 Å². The fourth-order valence-electron chi connectivity index (χ4n) is 1.60. The van der Waals surface area contributed by atoms with Crippen LogP contribution in [-0.2, 0) is 11.8 Å². The molecule has 0 unspecified atom stereocenters. The molecule has 0 fully saturated rings. The van der Waals surface area contributed by atoms with Crippen LogP contribution < -0.4 is 0 Å². The Balaban J connectivity index is 2.47. The summed E-state index contributed by atoms with van der Waals surface area (Å²) in [5, 5.41) is 5.01. The van der Waals surface area contributed by atoms with Crippen LogP contribution in [0.5, 0.6) is 0 Å². The van der Waals surface area contributed by atoms with Crippen molar-refractivity contribution < 1.29 is 9.53 Å². The van der Waals surface area contributed by atoms with E-state index in [1.54, 1.807) is 29.9 Å². The Bertz CT molecular complexity index is 608. The van der Waals surface area contributed by atoms with Crippen LogP contribution >= 0.6 is 23.2 Å². The number of carbonyl (C=O) groups excluding carboxylic acids is 1. The topological polar surface area (TPSA) is 44.1 Å². The molecule has 1 aromatic heterocycles. The largest absolute Gasteiger partial charge is 0.464 e. The summed E-state index contributed by atoms with van der Waals surface area (Å²) in [6.45, 7) is 0. The maximum atomic E-state index is 11.4. The van der Waals surface area contributed by atoms with E-state index in [9.17, 15) is 4.79 Å². The lowest BCUT2D eigenvalue weighted by Crippen LogP contribution is -2.02. The van der Waals surface area contributed by atoms with Crippen LogP contribution in [-0.4, -0.2) is 22.9 Å². The van der Waals surface area contributed by atoms with E-state index in [4.69, 9.17) is 23.2 Å². The minimum Gasteiger partial charge on any atom is -0.464 e. The number of aromatic nitrogens is 2. The molecule has 0 N–H and O–H groups in total. The smallest absolute Gasteiger partial charge is 0.358 e. The molecule has 0 saturated heterocycles. The first-order valence-corrected chi connectivity index (χ1v) is 5.86. The van der Waals surface area contributed by atoms with E-state index < -0.39 is 5.97 Å². The van der Waals surface area contributed by atoms with E-state index >= 15 is 0 Å². The number of esters is 1. The van der Waals surface area contributed by atoms with Crippen molar-refractivity contribution in [1.82, 2.24) is 9.78 Å². The Labute approximate surface area is 114 Å². The SMILES string of the molecule is COC(=O)c1cc(-c2ccc(Cl)c(Cl)c2)n(C)n1. The number of benzene rings is 1. The number of halogens is 2. The Hall–Kier alpha value is -1.52. The van der Waals surface area contributed by atoms with Crippen molar-refractivity contribution in [3.8, 4) is 11.3 Å². The van der Waals surface area contributed by atoms with Gasteiger partial charge in [0.2, 0.25) is 0 Å². The van der Waals surface area contributed by atoms with Crippen LogP contribution in [0.3, 0.4) is 0 Å². The summed E-state index contributed by atoms with van der Waals surface area (Å²) in [5.74, 6) is -0.475. The van der Waals surface area contributed by atoms with Gasteiger partial charge in [-0.25, -0.2) is 4.79 Å². The summed E-state index contributed by atoms with van der Waals surface area (Å²) < 4.78 is 6.21. The molecule has 0 bridgehead atoms. The highest BCUT2D eigenvalue weighted by Crippen LogP contribution is 2.28. The lowest BCUT2D eigenvalue weighted by molar-refractivity contribution is 0.0593. The summed E-state index contributed by atoms with van der Waals surface area (Å²) in [6, 6.07) is 6.88. The zero-order chi connectivity index (χ0) is 13.3. The predicted octanol–water partition coefficient (Wildman–Crippen LogP) is 3.18. The summed E-state index contributed by atoms with van der Waals surface area (Å²) in [5.41, 5.74) is 1.84. The normalized spacial score (nSPS) is 10.4. The monoisotopic (exact) mass is 284 g/mol. The number of methoxy groups -OCH3 is 1. The van der Waals surface area contributed by atoms with Gasteiger partial charge in [0, 0.05) is 12.6 Å². The number of hydrogen-bond acceptors (Lipinski definition) is 3. The molecule has 0 aliphatic heterocycles. The van der Waals surface area contributed by atoms with E-state index in [0.29, 0.717) is 10.0 Å². The quantitative estimate of drug-likeness (QED) is 0.796. The number of hydrogen-bond donors (Lipinski definition) is 0. The average Bonchev–Trinajstić information content (AvgIpc) is 2.74. The van der Waals surface area contributed by atoms with Gasteiger partial charge in [0.1, 0.15) is 0 Å². The third kappa shape index (κ3) is 2.35. The van der Waals surface area contributed by atoms with Gasteiger partial charge in [-0.15, -0.1) is 0 Å². The van der Waals surface area contributed by atoms with Crippen molar-refractivity contribution in [3.05, 3.63) is 40.0 Å². The molecule has 6 heteroatoms. The van der Waals surface area contributed by atoms with Crippen molar-refractivity contribution in [2.45, 2.75) is 0 Å². The average molecular weight is 285 g/mol. The molecule has 0 aliphatic rings. The first kappa shape index (κ1) is 12.9. The minimum absolute atomic E-state index is 0.251. The van der Waals surface area contributed by atoms with Crippen molar-refractivity contribution in [1.29, 1.82) is 0 Å². The van der Waals surface area contributed by atoms with Crippen LogP contribution in [0.15, 0.2) is 24.3 Å². The van der Waals surface area contributed by atoms with Gasteiger partial charge in [-0.3, -0.25) is 4.68 Å². The van der Waals surface area contributed by atoms with Crippen LogP contribution in [0.4, 0.5) is 0 Å². The zero-order valence-corrected chi connectivity index (χ0v) is 11.3. The van der Waals surface area contributed by atoms with E-state index in [2.05, 4.69) is 9.84 Å². The minimum atomic E-state index is -0.475. The van der Waals surface area contributed by atoms with Crippen molar-refractivity contribution >= 4 is 29.2 Å². The second-order valence-electron chi connectivity index (χ2n) is 3.66. The van der Waals surface area contributed by atoms with Crippen molar-refractivity contribution in [2.24, 2.45) is 7.05 Å². The fraction of sp³-hybridized carbons (Fsp3) is 0.167. The maximum absolute atomic E-state index is 11.4. The Morgan fingerprint density at radius 1 is 1.28 bits per heavy atom. The molecule has 0 radical (unpaired) electrons. The number of aryl methyl sites for hydroxylation is 1. The Morgan fingerprint density at radius 3 is 2.61 bits per heavy atom. The molecule has 2 rings (SSSR count). The standard InChI is InChI=1S/C12H10Cl2N2O2/c1-16-11(6-10(15-16)12(17)18-2)7-3-4-8(13)9(14)5-7/h3-6H,1-2H3. The summed E-state index contributed by atoms with van der Waals surface area (Å²) >= 11 is 11.8. The first-order valence-electron chi connectivity index (χ1n) is 5.10. The molecule has 0 atom stereocenters. The Kier molecular flexibility index (Phi) is 3.59. The highest BCUT2D eigenvalue weighted by molar-refractivity contribution is 6.42. The van der Waals surface area contributed by atoms with Crippen LogP contribution in [0.1, 0.15) is 10.5 Å². The molecule has 94 valence electrons. The molecule has 4 nitrogen and oxygen atoms in total. The molecule has 1 aromatic carbocycles. The van der Waals surface area contributed by atoms with E-state index in [0.717, 1.165) is 11.3 Å². The lowest BCUT2D eigenvalue weighted by Gasteiger charge is -2.03. The molecule has 0 spiro atoms. The highest BCUT2D eigenvalue weighted by Gasteiger charge is 2.14. The maximum Gasteiger partial charge on any atom is 0.358 e.